The molecule has 8 nitrogen and oxygen atoms in total. The third-order valence-corrected chi connectivity index (χ3v) is 4.16. The third kappa shape index (κ3) is 6.42. The van der Waals surface area contributed by atoms with Crippen LogP contribution in [0.4, 0.5) is 5.82 Å². The average molecular weight is 432 g/mol. The van der Waals surface area contributed by atoms with Crippen molar-refractivity contribution in [1.82, 2.24) is 15.3 Å². The summed E-state index contributed by atoms with van der Waals surface area (Å²) in [6.45, 7) is 0.444. The van der Waals surface area contributed by atoms with Gasteiger partial charge in [-0.3, -0.25) is 19.9 Å². The molecule has 0 aliphatic heterocycles. The van der Waals surface area contributed by atoms with E-state index in [2.05, 4.69) is 25.1 Å². The zero-order valence-electron chi connectivity index (χ0n) is 14.0. The third-order valence-electron chi connectivity index (χ3n) is 3.45. The molecule has 0 fully saturated rings. The van der Waals surface area contributed by atoms with Gasteiger partial charge in [0, 0.05) is 18.3 Å². The van der Waals surface area contributed by atoms with E-state index in [0.29, 0.717) is 6.54 Å². The molecule has 1 aromatic carbocycles. The Labute approximate surface area is 170 Å². The van der Waals surface area contributed by atoms with Crippen molar-refractivity contribution in [3.8, 4) is 5.75 Å². The van der Waals surface area contributed by atoms with Crippen LogP contribution in [0, 0.1) is 0 Å². The van der Waals surface area contributed by atoms with Crippen molar-refractivity contribution in [1.29, 1.82) is 0 Å². The molecule has 0 spiro atoms. The number of hydrogen-bond acceptors (Lipinski definition) is 6. The second kappa shape index (κ2) is 10.1. The number of phenols is 1. The maximum Gasteiger partial charge on any atom is 0.279 e. The van der Waals surface area contributed by atoms with Crippen molar-refractivity contribution in [2.75, 3.05) is 11.4 Å². The van der Waals surface area contributed by atoms with Crippen molar-refractivity contribution in [3.63, 3.8) is 0 Å². The number of carbonyl (C=O) groups is 1. The first-order valence-electron chi connectivity index (χ1n) is 7.89. The molecule has 0 atom stereocenters. The largest absolute Gasteiger partial charge is 0.508 e. The van der Waals surface area contributed by atoms with Gasteiger partial charge in [-0.25, -0.2) is 9.97 Å². The van der Waals surface area contributed by atoms with Gasteiger partial charge >= 0.3 is 0 Å². The van der Waals surface area contributed by atoms with Crippen LogP contribution in [0.5, 0.6) is 5.75 Å². The number of nitrogens with two attached hydrogens (primary N) is 1. The number of nitrogens with one attached hydrogen (secondary N) is 2. The molecule has 27 heavy (non-hydrogen) atoms. The summed E-state index contributed by atoms with van der Waals surface area (Å²) in [4.78, 5) is 26.1. The molecule has 11 heteroatoms. The highest BCUT2D eigenvalue weighted by molar-refractivity contribution is 6.36. The van der Waals surface area contributed by atoms with Gasteiger partial charge < -0.3 is 10.8 Å². The number of aliphatic imine (C=N–C) groups is 1. The first kappa shape index (κ1) is 21.0. The molecular weight excluding hydrogens is 415 g/mol. The Morgan fingerprint density at radius 1 is 1.15 bits per heavy atom. The molecule has 0 aliphatic rings. The highest BCUT2D eigenvalue weighted by atomic mass is 35.5. The first-order valence-corrected chi connectivity index (χ1v) is 9.03. The van der Waals surface area contributed by atoms with E-state index in [4.69, 9.17) is 40.7 Å². The maximum absolute atomic E-state index is 12.1. The Hall–Kier alpha value is -2.29. The number of unbranched alkanes of at least 4 members (excludes halogenated alkanes) is 1. The fraction of sp³-hybridized carbons (Fsp3) is 0.250. The fourth-order valence-corrected chi connectivity index (χ4v) is 2.68. The van der Waals surface area contributed by atoms with Gasteiger partial charge in [-0.2, -0.15) is 0 Å². The van der Waals surface area contributed by atoms with Crippen LogP contribution in [0.25, 0.3) is 0 Å². The summed E-state index contributed by atoms with van der Waals surface area (Å²) in [7, 11) is 0. The lowest BCUT2D eigenvalue weighted by atomic mass is 10.1. The number of rotatable bonds is 7. The molecular formula is C16H17Cl3N6O2. The molecule has 0 saturated heterocycles. The van der Waals surface area contributed by atoms with E-state index in [-0.39, 0.29) is 33.5 Å². The Bertz CT molecular complexity index is 830. The molecule has 1 aromatic heterocycles. The Morgan fingerprint density at radius 3 is 2.52 bits per heavy atom. The summed E-state index contributed by atoms with van der Waals surface area (Å²) >= 11 is 17.1. The zero-order chi connectivity index (χ0) is 19.8. The van der Waals surface area contributed by atoms with E-state index >= 15 is 0 Å². The maximum atomic E-state index is 12.1. The number of aryl methyl sites for hydroxylation is 1. The van der Waals surface area contributed by atoms with Crippen molar-refractivity contribution < 1.29 is 9.90 Å². The Morgan fingerprint density at radius 2 is 1.85 bits per heavy atom. The SMILES string of the molecule is NC(=NCCCCc1ccc(O)cc1)NC(=O)c1nc(Cl)c(NCl)nc1Cl. The Kier molecular flexibility index (Phi) is 7.90. The van der Waals surface area contributed by atoms with Gasteiger partial charge in [0.15, 0.2) is 27.8 Å². The summed E-state index contributed by atoms with van der Waals surface area (Å²) in [5, 5.41) is 11.3. The summed E-state index contributed by atoms with van der Waals surface area (Å²) in [6.07, 6.45) is 2.52. The summed E-state index contributed by atoms with van der Waals surface area (Å²) < 4.78 is 0. The van der Waals surface area contributed by atoms with Gasteiger partial charge in [0.2, 0.25) is 0 Å². The molecule has 1 amide bonds. The number of guanidine groups is 1. The number of halogens is 3. The average Bonchev–Trinajstić information content (AvgIpc) is 2.64. The zero-order valence-corrected chi connectivity index (χ0v) is 16.3. The molecule has 5 N–H and O–H groups in total. The van der Waals surface area contributed by atoms with Crippen LogP contribution in [-0.2, 0) is 6.42 Å². The van der Waals surface area contributed by atoms with E-state index in [0.717, 1.165) is 24.8 Å². The van der Waals surface area contributed by atoms with Crippen LogP contribution in [0.3, 0.4) is 0 Å². The van der Waals surface area contributed by atoms with Gasteiger partial charge in [0.25, 0.3) is 5.91 Å². The van der Waals surface area contributed by atoms with E-state index in [9.17, 15) is 9.90 Å². The van der Waals surface area contributed by atoms with Crippen LogP contribution in [0.1, 0.15) is 28.9 Å². The van der Waals surface area contributed by atoms with E-state index in [1.54, 1.807) is 12.1 Å². The number of phenolic OH excluding ortho intramolecular Hbond substituents is 1. The number of amides is 1. The topological polar surface area (TPSA) is 126 Å². The van der Waals surface area contributed by atoms with Crippen molar-refractivity contribution in [2.45, 2.75) is 19.3 Å². The lowest BCUT2D eigenvalue weighted by molar-refractivity contribution is 0.0971. The highest BCUT2D eigenvalue weighted by Crippen LogP contribution is 2.22. The van der Waals surface area contributed by atoms with Crippen LogP contribution in [0.15, 0.2) is 29.3 Å². The number of hydrogen-bond donors (Lipinski definition) is 4. The molecule has 0 aliphatic carbocycles. The van der Waals surface area contributed by atoms with Crippen LogP contribution < -0.4 is 15.9 Å². The second-order valence-electron chi connectivity index (χ2n) is 5.44. The molecule has 0 bridgehead atoms. The van der Waals surface area contributed by atoms with Crippen LogP contribution in [0.2, 0.25) is 10.3 Å². The molecule has 2 rings (SSSR count). The smallest absolute Gasteiger partial charge is 0.279 e. The predicted octanol–water partition coefficient (Wildman–Crippen LogP) is 3.12. The lowest BCUT2D eigenvalue weighted by Crippen LogP contribution is -2.37. The van der Waals surface area contributed by atoms with Gasteiger partial charge in [-0.05, 0) is 37.0 Å². The van der Waals surface area contributed by atoms with Gasteiger partial charge in [-0.1, -0.05) is 35.3 Å². The number of carbonyl (C=O) groups excluding carboxylic acids is 1. The van der Waals surface area contributed by atoms with Crippen molar-refractivity contribution in [3.05, 3.63) is 45.8 Å². The van der Waals surface area contributed by atoms with Crippen molar-refractivity contribution in [2.24, 2.45) is 10.7 Å². The van der Waals surface area contributed by atoms with E-state index in [1.807, 2.05) is 12.1 Å². The van der Waals surface area contributed by atoms with E-state index < -0.39 is 5.91 Å². The minimum atomic E-state index is -0.680. The molecule has 0 radical (unpaired) electrons. The molecule has 0 saturated carbocycles. The minimum absolute atomic E-state index is 0.0372. The van der Waals surface area contributed by atoms with Gasteiger partial charge in [0.1, 0.15) is 5.75 Å². The Balaban J connectivity index is 1.81. The normalized spacial score (nSPS) is 11.3. The fourth-order valence-electron chi connectivity index (χ4n) is 2.12. The predicted molar refractivity (Wildman–Crippen MR) is 107 cm³/mol. The number of anilines is 1. The quantitative estimate of drug-likeness (QED) is 0.231. The standard InChI is InChI=1S/C16H17Cl3N6O2/c17-12-11(22-13(18)14(23-12)25-19)15(27)24-16(20)21-8-2-1-3-9-4-6-10(26)7-5-9/h4-7,26H,1-3,8H2,(H,23,25)(H3,20,21,24,27). The molecule has 2 aromatic rings. The van der Waals surface area contributed by atoms with Crippen LogP contribution >= 0.6 is 35.0 Å². The number of aromatic nitrogens is 2. The van der Waals surface area contributed by atoms with Gasteiger partial charge in [-0.15, -0.1) is 0 Å². The van der Waals surface area contributed by atoms with Crippen molar-refractivity contribution >= 4 is 52.7 Å². The number of benzene rings is 1. The second-order valence-corrected chi connectivity index (χ2v) is 6.35. The lowest BCUT2D eigenvalue weighted by Gasteiger charge is -2.07. The van der Waals surface area contributed by atoms with E-state index in [1.165, 1.54) is 0 Å². The summed E-state index contributed by atoms with van der Waals surface area (Å²) in [5.41, 5.74) is 6.63. The molecule has 144 valence electrons. The number of nitrogens with zero attached hydrogens (tertiary/aromatic N) is 3. The first-order chi connectivity index (χ1) is 12.9. The highest BCUT2D eigenvalue weighted by Gasteiger charge is 2.18. The van der Waals surface area contributed by atoms with Gasteiger partial charge in [0.05, 0.1) is 0 Å². The summed E-state index contributed by atoms with van der Waals surface area (Å²) in [6, 6.07) is 7.04. The monoisotopic (exact) mass is 430 g/mol. The molecule has 1 heterocycles. The molecule has 0 unspecified atom stereocenters. The number of aromatic hydroxyl groups is 1. The summed E-state index contributed by atoms with van der Waals surface area (Å²) in [5.74, 6) is -0.458. The van der Waals surface area contributed by atoms with Crippen LogP contribution in [-0.4, -0.2) is 33.5 Å². The minimum Gasteiger partial charge on any atom is -0.508 e.